The predicted molar refractivity (Wildman–Crippen MR) is 114 cm³/mol. The van der Waals surface area contributed by atoms with Crippen LogP contribution in [0.4, 0.5) is 4.79 Å². The highest BCUT2D eigenvalue weighted by Gasteiger charge is 2.27. The molecule has 2 fully saturated rings. The number of likely N-dealkylation sites (tertiary alicyclic amines) is 1. The maximum Gasteiger partial charge on any atom is 0.324 e. The van der Waals surface area contributed by atoms with Gasteiger partial charge in [-0.2, -0.15) is 0 Å². The van der Waals surface area contributed by atoms with Crippen LogP contribution < -0.4 is 16.0 Å². The number of halogens is 1. The molecular formula is C17H33IN6O2. The SMILES string of the molecule is CCNC(=NCCN1C(=O)CNC1=O)NC1CCN(CC(C)C)CC1.I. The van der Waals surface area contributed by atoms with Gasteiger partial charge in [0.05, 0.1) is 19.6 Å². The highest BCUT2D eigenvalue weighted by atomic mass is 127. The number of imide groups is 1. The third kappa shape index (κ3) is 7.26. The van der Waals surface area contributed by atoms with Crippen molar-refractivity contribution in [2.24, 2.45) is 10.9 Å². The van der Waals surface area contributed by atoms with Gasteiger partial charge in [-0.05, 0) is 25.7 Å². The molecule has 2 saturated heterocycles. The van der Waals surface area contributed by atoms with Gasteiger partial charge in [-0.3, -0.25) is 14.7 Å². The van der Waals surface area contributed by atoms with E-state index in [9.17, 15) is 9.59 Å². The second-order valence-corrected chi connectivity index (χ2v) is 7.08. The van der Waals surface area contributed by atoms with Crippen molar-refractivity contribution in [1.82, 2.24) is 25.8 Å². The number of hydrogen-bond acceptors (Lipinski definition) is 4. The van der Waals surface area contributed by atoms with Crippen molar-refractivity contribution in [3.8, 4) is 0 Å². The van der Waals surface area contributed by atoms with Crippen LogP contribution >= 0.6 is 24.0 Å². The predicted octanol–water partition coefficient (Wildman–Crippen LogP) is 0.832. The summed E-state index contributed by atoms with van der Waals surface area (Å²) in [7, 11) is 0. The van der Waals surface area contributed by atoms with E-state index in [0.29, 0.717) is 25.0 Å². The molecule has 0 aromatic carbocycles. The van der Waals surface area contributed by atoms with Gasteiger partial charge in [-0.1, -0.05) is 13.8 Å². The maximum absolute atomic E-state index is 11.6. The van der Waals surface area contributed by atoms with E-state index in [2.05, 4.69) is 39.7 Å². The van der Waals surface area contributed by atoms with Crippen LogP contribution in [0.2, 0.25) is 0 Å². The Labute approximate surface area is 173 Å². The van der Waals surface area contributed by atoms with Crippen LogP contribution in [0.1, 0.15) is 33.6 Å². The zero-order chi connectivity index (χ0) is 18.2. The molecule has 3 amide bonds. The molecule has 0 spiro atoms. The summed E-state index contributed by atoms with van der Waals surface area (Å²) in [4.78, 5) is 31.3. The highest BCUT2D eigenvalue weighted by Crippen LogP contribution is 2.12. The first-order valence-corrected chi connectivity index (χ1v) is 9.35. The first-order valence-electron chi connectivity index (χ1n) is 9.35. The molecule has 0 aliphatic carbocycles. The minimum absolute atomic E-state index is 0. The van der Waals surface area contributed by atoms with Gasteiger partial charge in [0, 0.05) is 32.2 Å². The molecule has 26 heavy (non-hydrogen) atoms. The molecular weight excluding hydrogens is 447 g/mol. The van der Waals surface area contributed by atoms with E-state index in [-0.39, 0.29) is 42.5 Å². The molecule has 0 atom stereocenters. The van der Waals surface area contributed by atoms with E-state index < -0.39 is 0 Å². The zero-order valence-corrected chi connectivity index (χ0v) is 18.4. The Hall–Kier alpha value is -1.10. The molecule has 2 aliphatic rings. The summed E-state index contributed by atoms with van der Waals surface area (Å²) < 4.78 is 0. The van der Waals surface area contributed by atoms with Crippen LogP contribution in [0.25, 0.3) is 0 Å². The van der Waals surface area contributed by atoms with Crippen LogP contribution in [0, 0.1) is 5.92 Å². The molecule has 150 valence electrons. The highest BCUT2D eigenvalue weighted by molar-refractivity contribution is 14.0. The average Bonchev–Trinajstić information content (AvgIpc) is 2.88. The summed E-state index contributed by atoms with van der Waals surface area (Å²) in [5, 5.41) is 9.25. The van der Waals surface area contributed by atoms with Gasteiger partial charge >= 0.3 is 6.03 Å². The summed E-state index contributed by atoms with van der Waals surface area (Å²) in [6.45, 7) is 11.5. The Morgan fingerprint density at radius 1 is 1.31 bits per heavy atom. The van der Waals surface area contributed by atoms with E-state index in [1.807, 2.05) is 6.92 Å². The fraction of sp³-hybridized carbons (Fsp3) is 0.824. The minimum atomic E-state index is -0.323. The number of urea groups is 1. The summed E-state index contributed by atoms with van der Waals surface area (Å²) in [5.74, 6) is 1.28. The third-order valence-corrected chi connectivity index (χ3v) is 4.43. The first kappa shape index (κ1) is 22.9. The first-order chi connectivity index (χ1) is 12.0. The lowest BCUT2D eigenvalue weighted by molar-refractivity contribution is -0.124. The van der Waals surface area contributed by atoms with Crippen molar-refractivity contribution in [3.63, 3.8) is 0 Å². The number of nitrogens with zero attached hydrogens (tertiary/aromatic N) is 3. The van der Waals surface area contributed by atoms with Gasteiger partial charge < -0.3 is 20.9 Å². The second kappa shape index (κ2) is 11.6. The van der Waals surface area contributed by atoms with Crippen LogP contribution in [0.15, 0.2) is 4.99 Å². The summed E-state index contributed by atoms with van der Waals surface area (Å²) >= 11 is 0. The second-order valence-electron chi connectivity index (χ2n) is 7.08. The smallest absolute Gasteiger partial charge is 0.324 e. The molecule has 0 saturated carbocycles. The molecule has 0 radical (unpaired) electrons. The fourth-order valence-electron chi connectivity index (χ4n) is 3.23. The zero-order valence-electron chi connectivity index (χ0n) is 16.1. The van der Waals surface area contributed by atoms with E-state index in [1.165, 1.54) is 4.90 Å². The molecule has 0 bridgehead atoms. The summed E-state index contributed by atoms with van der Waals surface area (Å²) in [6.07, 6.45) is 2.20. The lowest BCUT2D eigenvalue weighted by Gasteiger charge is -2.34. The number of rotatable bonds is 7. The molecule has 3 N–H and O–H groups in total. The fourth-order valence-corrected chi connectivity index (χ4v) is 3.23. The molecule has 2 aliphatic heterocycles. The molecule has 0 aromatic heterocycles. The van der Waals surface area contributed by atoms with E-state index in [4.69, 9.17) is 0 Å². The minimum Gasteiger partial charge on any atom is -0.357 e. The van der Waals surface area contributed by atoms with Crippen LogP contribution in [0.3, 0.4) is 0 Å². The topological polar surface area (TPSA) is 89.1 Å². The van der Waals surface area contributed by atoms with Crippen molar-refractivity contribution in [1.29, 1.82) is 0 Å². The Morgan fingerprint density at radius 2 is 2.00 bits per heavy atom. The summed E-state index contributed by atoms with van der Waals surface area (Å²) in [5.41, 5.74) is 0. The Balaban J connectivity index is 0.00000338. The normalized spacial score (nSPS) is 19.5. The number of carbonyl (C=O) groups is 2. The van der Waals surface area contributed by atoms with Gasteiger partial charge in [0.2, 0.25) is 5.91 Å². The van der Waals surface area contributed by atoms with Gasteiger partial charge in [0.25, 0.3) is 0 Å². The van der Waals surface area contributed by atoms with Gasteiger partial charge in [-0.25, -0.2) is 4.79 Å². The van der Waals surface area contributed by atoms with Gasteiger partial charge in [0.15, 0.2) is 5.96 Å². The monoisotopic (exact) mass is 480 g/mol. The van der Waals surface area contributed by atoms with E-state index in [1.54, 1.807) is 0 Å². The quantitative estimate of drug-likeness (QED) is 0.218. The number of amides is 3. The van der Waals surface area contributed by atoms with Crippen LogP contribution in [0.5, 0.6) is 0 Å². The molecule has 8 nitrogen and oxygen atoms in total. The third-order valence-electron chi connectivity index (χ3n) is 4.43. The number of guanidine groups is 1. The van der Waals surface area contributed by atoms with Crippen molar-refractivity contribution < 1.29 is 9.59 Å². The number of carbonyl (C=O) groups excluding carboxylic acids is 2. The molecule has 9 heteroatoms. The average molecular weight is 480 g/mol. The van der Waals surface area contributed by atoms with E-state index in [0.717, 1.165) is 45.0 Å². The standard InChI is InChI=1S/C17H32N6O2.HI/c1-4-18-16(19-7-10-23-15(24)11-20-17(23)25)21-14-5-8-22(9-6-14)12-13(2)3;/h13-14H,4-12H2,1-3H3,(H,20,25)(H2,18,19,21);1H. The van der Waals surface area contributed by atoms with Crippen molar-refractivity contribution in [2.75, 3.05) is 45.8 Å². The summed E-state index contributed by atoms with van der Waals surface area (Å²) in [6, 6.07) is 0.0913. The molecule has 0 aromatic rings. The number of aliphatic imine (C=N–C) groups is 1. The lowest BCUT2D eigenvalue weighted by atomic mass is 10.0. The Kier molecular flexibility index (Phi) is 10.2. The van der Waals surface area contributed by atoms with Crippen molar-refractivity contribution in [2.45, 2.75) is 39.7 Å². The number of piperidine rings is 1. The largest absolute Gasteiger partial charge is 0.357 e. The Morgan fingerprint density at radius 3 is 2.54 bits per heavy atom. The van der Waals surface area contributed by atoms with Gasteiger partial charge in [0.1, 0.15) is 0 Å². The van der Waals surface area contributed by atoms with Crippen LogP contribution in [-0.2, 0) is 4.79 Å². The number of nitrogens with one attached hydrogen (secondary N) is 3. The lowest BCUT2D eigenvalue weighted by Crippen LogP contribution is -2.49. The maximum atomic E-state index is 11.6. The van der Waals surface area contributed by atoms with Crippen molar-refractivity contribution in [3.05, 3.63) is 0 Å². The van der Waals surface area contributed by atoms with E-state index >= 15 is 0 Å². The number of hydrogen-bond donors (Lipinski definition) is 3. The van der Waals surface area contributed by atoms with Crippen molar-refractivity contribution >= 4 is 41.9 Å². The van der Waals surface area contributed by atoms with Crippen LogP contribution in [-0.4, -0.2) is 79.6 Å². The molecule has 0 unspecified atom stereocenters. The molecule has 2 rings (SSSR count). The Bertz CT molecular complexity index is 476. The van der Waals surface area contributed by atoms with Gasteiger partial charge in [-0.15, -0.1) is 24.0 Å². The molecule has 2 heterocycles.